The number of hydrogen-bond donors (Lipinski definition) is 1. The van der Waals surface area contributed by atoms with Crippen molar-refractivity contribution in [2.24, 2.45) is 13.0 Å². The molecular weight excluding hydrogens is 360 g/mol. The number of rotatable bonds is 8. The van der Waals surface area contributed by atoms with Crippen LogP contribution in [-0.2, 0) is 27.9 Å². The van der Waals surface area contributed by atoms with Crippen molar-refractivity contribution in [2.75, 3.05) is 26.8 Å². The third-order valence-electron chi connectivity index (χ3n) is 5.45. The highest BCUT2D eigenvalue weighted by molar-refractivity contribution is 5.80. The summed E-state index contributed by atoms with van der Waals surface area (Å²) in [5.41, 5.74) is 2.97. The normalized spacial score (nSPS) is 19.4. The largest absolute Gasteiger partial charge is 0.383 e. The summed E-state index contributed by atoms with van der Waals surface area (Å²) in [7, 11) is 3.51. The van der Waals surface area contributed by atoms with Crippen molar-refractivity contribution in [1.29, 1.82) is 0 Å². The van der Waals surface area contributed by atoms with Crippen molar-refractivity contribution in [3.05, 3.63) is 35.4 Å². The highest BCUT2D eigenvalue weighted by atomic mass is 16.5. The Morgan fingerprint density at radius 2 is 2.14 bits per heavy atom. The maximum Gasteiger partial charge on any atom is 0.241 e. The number of hydrogen-bond acceptors (Lipinski definition) is 5. The van der Waals surface area contributed by atoms with E-state index < -0.39 is 0 Å². The molecule has 1 aliphatic heterocycles. The summed E-state index contributed by atoms with van der Waals surface area (Å²) in [6, 6.07) is 1.74. The molecule has 28 heavy (non-hydrogen) atoms. The zero-order valence-corrected chi connectivity index (χ0v) is 16.9. The molecule has 9 heteroatoms. The first-order chi connectivity index (χ1) is 13.4. The van der Waals surface area contributed by atoms with Gasteiger partial charge in [0.1, 0.15) is 6.54 Å². The van der Waals surface area contributed by atoms with Crippen LogP contribution in [0.15, 0.2) is 18.5 Å². The van der Waals surface area contributed by atoms with E-state index in [4.69, 9.17) is 4.74 Å². The Bertz CT molecular complexity index is 843. The molecule has 0 spiro atoms. The van der Waals surface area contributed by atoms with Gasteiger partial charge >= 0.3 is 0 Å². The SMILES string of the molecule is COCCN1C(=O)C[C@H](CNC(=O)Cn2nccc2C)[C@H]1c1cnn(C)c1C. The fourth-order valence-corrected chi connectivity index (χ4v) is 3.73. The molecule has 3 rings (SSSR count). The van der Waals surface area contributed by atoms with E-state index in [0.717, 1.165) is 17.0 Å². The molecule has 0 unspecified atom stereocenters. The van der Waals surface area contributed by atoms with E-state index in [2.05, 4.69) is 15.5 Å². The number of ether oxygens (including phenoxy) is 1. The van der Waals surface area contributed by atoms with Gasteiger partial charge in [-0.15, -0.1) is 0 Å². The lowest BCUT2D eigenvalue weighted by molar-refractivity contribution is -0.129. The van der Waals surface area contributed by atoms with Crippen molar-refractivity contribution in [1.82, 2.24) is 29.8 Å². The van der Waals surface area contributed by atoms with Gasteiger partial charge in [0.15, 0.2) is 0 Å². The highest BCUT2D eigenvalue weighted by Gasteiger charge is 2.41. The van der Waals surface area contributed by atoms with Crippen LogP contribution in [0.4, 0.5) is 0 Å². The Labute approximate surface area is 164 Å². The molecule has 2 aromatic rings. The number of carbonyl (C=O) groups excluding carboxylic acids is 2. The number of nitrogens with one attached hydrogen (secondary N) is 1. The average molecular weight is 388 g/mol. The molecule has 152 valence electrons. The molecule has 3 heterocycles. The lowest BCUT2D eigenvalue weighted by Crippen LogP contribution is -2.36. The Morgan fingerprint density at radius 1 is 1.36 bits per heavy atom. The number of aryl methyl sites for hydroxylation is 2. The topological polar surface area (TPSA) is 94.3 Å². The molecule has 2 aromatic heterocycles. The molecule has 1 saturated heterocycles. The minimum absolute atomic E-state index is 0.0186. The molecule has 1 aliphatic rings. The van der Waals surface area contributed by atoms with Crippen LogP contribution in [0.5, 0.6) is 0 Å². The Morgan fingerprint density at radius 3 is 2.75 bits per heavy atom. The van der Waals surface area contributed by atoms with Crippen LogP contribution in [0.1, 0.15) is 29.4 Å². The number of methoxy groups -OCH3 is 1. The zero-order chi connectivity index (χ0) is 20.3. The number of likely N-dealkylation sites (tertiary alicyclic amines) is 1. The van der Waals surface area contributed by atoms with Gasteiger partial charge in [0.05, 0.1) is 18.8 Å². The lowest BCUT2D eigenvalue weighted by Gasteiger charge is -2.28. The van der Waals surface area contributed by atoms with E-state index >= 15 is 0 Å². The van der Waals surface area contributed by atoms with E-state index in [-0.39, 0.29) is 30.3 Å². The van der Waals surface area contributed by atoms with E-state index in [1.807, 2.05) is 42.7 Å². The monoisotopic (exact) mass is 388 g/mol. The fourth-order valence-electron chi connectivity index (χ4n) is 3.73. The van der Waals surface area contributed by atoms with Gasteiger partial charge in [-0.2, -0.15) is 10.2 Å². The van der Waals surface area contributed by atoms with Crippen LogP contribution in [-0.4, -0.2) is 63.1 Å². The van der Waals surface area contributed by atoms with Gasteiger partial charge in [-0.05, 0) is 19.9 Å². The summed E-state index contributed by atoms with van der Waals surface area (Å²) in [4.78, 5) is 26.9. The lowest BCUT2D eigenvalue weighted by atomic mass is 9.94. The molecule has 2 atom stereocenters. The van der Waals surface area contributed by atoms with E-state index in [0.29, 0.717) is 26.1 Å². The minimum Gasteiger partial charge on any atom is -0.383 e. The van der Waals surface area contributed by atoms with E-state index in [9.17, 15) is 9.59 Å². The Hall–Kier alpha value is -2.68. The molecule has 0 aliphatic carbocycles. The van der Waals surface area contributed by atoms with Crippen LogP contribution in [0.2, 0.25) is 0 Å². The van der Waals surface area contributed by atoms with Crippen LogP contribution >= 0.6 is 0 Å². The first kappa shape index (κ1) is 20.1. The van der Waals surface area contributed by atoms with Gasteiger partial charge < -0.3 is 15.0 Å². The van der Waals surface area contributed by atoms with Gasteiger partial charge in [0.25, 0.3) is 0 Å². The maximum absolute atomic E-state index is 12.7. The van der Waals surface area contributed by atoms with E-state index in [1.54, 1.807) is 18.0 Å². The molecule has 9 nitrogen and oxygen atoms in total. The Kier molecular flexibility index (Phi) is 6.13. The predicted molar refractivity (Wildman–Crippen MR) is 102 cm³/mol. The van der Waals surface area contributed by atoms with Crippen molar-refractivity contribution in [3.8, 4) is 0 Å². The summed E-state index contributed by atoms with van der Waals surface area (Å²) < 4.78 is 8.64. The quantitative estimate of drug-likeness (QED) is 0.714. The molecule has 1 N–H and O–H groups in total. The first-order valence-electron chi connectivity index (χ1n) is 9.44. The van der Waals surface area contributed by atoms with Crippen LogP contribution in [0.25, 0.3) is 0 Å². The van der Waals surface area contributed by atoms with Crippen molar-refractivity contribution in [3.63, 3.8) is 0 Å². The second-order valence-electron chi connectivity index (χ2n) is 7.23. The van der Waals surface area contributed by atoms with Crippen molar-refractivity contribution >= 4 is 11.8 Å². The van der Waals surface area contributed by atoms with Gasteiger partial charge in [-0.25, -0.2) is 0 Å². The second-order valence-corrected chi connectivity index (χ2v) is 7.23. The minimum atomic E-state index is -0.122. The molecule has 0 saturated carbocycles. The molecule has 1 fully saturated rings. The third kappa shape index (κ3) is 4.09. The number of aromatic nitrogens is 4. The second kappa shape index (κ2) is 8.55. The fraction of sp³-hybridized carbons (Fsp3) is 0.579. The van der Waals surface area contributed by atoms with Gasteiger partial charge in [-0.1, -0.05) is 0 Å². The van der Waals surface area contributed by atoms with Gasteiger partial charge in [0.2, 0.25) is 11.8 Å². The van der Waals surface area contributed by atoms with Gasteiger partial charge in [0, 0.05) is 62.7 Å². The van der Waals surface area contributed by atoms with Crippen LogP contribution < -0.4 is 5.32 Å². The zero-order valence-electron chi connectivity index (χ0n) is 16.9. The summed E-state index contributed by atoms with van der Waals surface area (Å²) in [5.74, 6) is -0.0568. The van der Waals surface area contributed by atoms with Gasteiger partial charge in [-0.3, -0.25) is 19.0 Å². The maximum atomic E-state index is 12.7. The number of carbonyl (C=O) groups is 2. The van der Waals surface area contributed by atoms with Crippen LogP contribution in [0.3, 0.4) is 0 Å². The van der Waals surface area contributed by atoms with Crippen molar-refractivity contribution < 1.29 is 14.3 Å². The average Bonchev–Trinajstić information content (AvgIpc) is 3.31. The summed E-state index contributed by atoms with van der Waals surface area (Å²) in [6.45, 7) is 5.49. The van der Waals surface area contributed by atoms with E-state index in [1.165, 1.54) is 0 Å². The third-order valence-corrected chi connectivity index (χ3v) is 5.45. The highest BCUT2D eigenvalue weighted by Crippen LogP contribution is 2.38. The molecular formula is C19H28N6O3. The predicted octanol–water partition coefficient (Wildman–Crippen LogP) is 0.586. The summed E-state index contributed by atoms with van der Waals surface area (Å²) in [6.07, 6.45) is 3.89. The van der Waals surface area contributed by atoms with Crippen molar-refractivity contribution in [2.45, 2.75) is 32.9 Å². The number of nitrogens with zero attached hydrogens (tertiary/aromatic N) is 5. The first-order valence-corrected chi connectivity index (χ1v) is 9.44. The molecule has 0 bridgehead atoms. The Balaban J connectivity index is 1.72. The summed E-state index contributed by atoms with van der Waals surface area (Å²) >= 11 is 0. The van der Waals surface area contributed by atoms with Crippen LogP contribution in [0, 0.1) is 19.8 Å². The summed E-state index contributed by atoms with van der Waals surface area (Å²) in [5, 5.41) is 11.5. The smallest absolute Gasteiger partial charge is 0.241 e. The molecule has 2 amide bonds. The molecule has 0 radical (unpaired) electrons. The molecule has 0 aromatic carbocycles. The number of amides is 2. The standard InChI is InChI=1S/C19H28N6O3/c1-13-5-6-21-25(13)12-17(26)20-10-15-9-18(27)24(7-8-28-4)19(15)16-11-22-23(3)14(16)2/h5-6,11,15,19H,7-10,12H2,1-4H3,(H,20,26)/t15-,19+/m1/s1.